The van der Waals surface area contributed by atoms with Crippen molar-refractivity contribution in [2.45, 2.75) is 12.6 Å². The fraction of sp³-hybridized carbons (Fsp3) is 0.368. The van der Waals surface area contributed by atoms with Gasteiger partial charge in [-0.05, 0) is 29.3 Å². The molecule has 1 aromatic carbocycles. The van der Waals surface area contributed by atoms with Gasteiger partial charge in [0.1, 0.15) is 5.82 Å². The molecule has 7 heteroatoms. The molecule has 0 spiro atoms. The normalized spacial score (nSPS) is 17.4. The maximum atomic E-state index is 13.0. The van der Waals surface area contributed by atoms with Gasteiger partial charge in [0.2, 0.25) is 5.91 Å². The maximum Gasteiger partial charge on any atom is 0.236 e. The largest absolute Gasteiger partial charge is 0.340 e. The van der Waals surface area contributed by atoms with Crippen molar-refractivity contribution in [2.24, 2.45) is 0 Å². The van der Waals surface area contributed by atoms with Gasteiger partial charge in [-0.15, -0.1) is 12.4 Å². The fourth-order valence-corrected chi connectivity index (χ4v) is 3.08. The monoisotopic (exact) mass is 378 g/mol. The molecule has 0 saturated carbocycles. The van der Waals surface area contributed by atoms with Gasteiger partial charge in [-0.2, -0.15) is 0 Å². The molecule has 0 bridgehead atoms. The molecule has 1 atom stereocenters. The van der Waals surface area contributed by atoms with Crippen molar-refractivity contribution in [1.29, 1.82) is 0 Å². The van der Waals surface area contributed by atoms with Crippen molar-refractivity contribution >= 4 is 18.3 Å². The van der Waals surface area contributed by atoms with E-state index in [9.17, 15) is 9.18 Å². The van der Waals surface area contributed by atoms with Crippen LogP contribution >= 0.6 is 12.4 Å². The Morgan fingerprint density at radius 3 is 2.81 bits per heavy atom. The highest BCUT2D eigenvalue weighted by molar-refractivity contribution is 5.85. The topological polar surface area (TPSA) is 48.5 Å². The third-order valence-electron chi connectivity index (χ3n) is 4.52. The first kappa shape index (κ1) is 20.3. The number of amides is 1. The van der Waals surface area contributed by atoms with E-state index in [4.69, 9.17) is 0 Å². The summed E-state index contributed by atoms with van der Waals surface area (Å²) in [6, 6.07) is 10.4. The van der Waals surface area contributed by atoms with Crippen molar-refractivity contribution in [3.8, 4) is 0 Å². The molecule has 5 nitrogen and oxygen atoms in total. The number of benzene rings is 1. The number of piperazine rings is 1. The molecule has 1 unspecified atom stereocenters. The molecule has 1 aromatic heterocycles. The zero-order chi connectivity index (χ0) is 17.6. The van der Waals surface area contributed by atoms with E-state index in [1.54, 1.807) is 30.3 Å². The van der Waals surface area contributed by atoms with Gasteiger partial charge >= 0.3 is 0 Å². The Labute approximate surface area is 159 Å². The van der Waals surface area contributed by atoms with Gasteiger partial charge < -0.3 is 10.2 Å². The highest BCUT2D eigenvalue weighted by atomic mass is 35.5. The minimum atomic E-state index is -0.266. The summed E-state index contributed by atoms with van der Waals surface area (Å²) in [6.07, 6.45) is 3.61. The Hall–Kier alpha value is -2.02. The Morgan fingerprint density at radius 2 is 2.12 bits per heavy atom. The summed E-state index contributed by atoms with van der Waals surface area (Å²) in [5, 5.41) is 3.38. The number of carbonyl (C=O) groups is 1. The first-order valence-corrected chi connectivity index (χ1v) is 8.46. The number of rotatable bonds is 5. The van der Waals surface area contributed by atoms with Crippen LogP contribution < -0.4 is 5.32 Å². The molecule has 1 fully saturated rings. The second kappa shape index (κ2) is 9.62. The summed E-state index contributed by atoms with van der Waals surface area (Å²) >= 11 is 0. The minimum absolute atomic E-state index is 0. The van der Waals surface area contributed by atoms with Gasteiger partial charge in [0.05, 0.1) is 6.54 Å². The molecule has 2 aromatic rings. The average Bonchev–Trinajstić information content (AvgIpc) is 2.64. The predicted molar refractivity (Wildman–Crippen MR) is 102 cm³/mol. The van der Waals surface area contributed by atoms with Crippen LogP contribution in [0, 0.1) is 5.82 Å². The van der Waals surface area contributed by atoms with E-state index >= 15 is 0 Å². The summed E-state index contributed by atoms with van der Waals surface area (Å²) in [5.41, 5.74) is 2.03. The van der Waals surface area contributed by atoms with Crippen molar-refractivity contribution in [3.63, 3.8) is 0 Å². The highest BCUT2D eigenvalue weighted by Crippen LogP contribution is 2.21. The van der Waals surface area contributed by atoms with Crippen molar-refractivity contribution in [2.75, 3.05) is 33.2 Å². The quantitative estimate of drug-likeness (QED) is 0.867. The third kappa shape index (κ3) is 5.24. The summed E-state index contributed by atoms with van der Waals surface area (Å²) in [7, 11) is 1.78. The van der Waals surface area contributed by atoms with Crippen molar-refractivity contribution in [3.05, 3.63) is 65.7 Å². The smallest absolute Gasteiger partial charge is 0.236 e. The summed E-state index contributed by atoms with van der Waals surface area (Å²) in [4.78, 5) is 20.7. The lowest BCUT2D eigenvalue weighted by Gasteiger charge is -2.36. The lowest BCUT2D eigenvalue weighted by Crippen LogP contribution is -2.49. The zero-order valence-electron chi connectivity index (χ0n) is 14.8. The molecule has 1 N–H and O–H groups in total. The van der Waals surface area contributed by atoms with E-state index in [1.165, 1.54) is 12.1 Å². The standard InChI is InChI=1S/C19H23FN4O.ClH/c1-23(13-15-4-6-17(20)7-5-15)19(25)14-24-10-9-22-12-18(24)16-3-2-8-21-11-16;/h2-8,11,18,22H,9-10,12-14H2,1H3;1H. The number of halogens is 2. The number of carbonyl (C=O) groups excluding carboxylic acids is 1. The Bertz CT molecular complexity index is 698. The van der Waals surface area contributed by atoms with E-state index in [0.717, 1.165) is 30.8 Å². The molecular formula is C19H24ClFN4O. The lowest BCUT2D eigenvalue weighted by molar-refractivity contribution is -0.132. The zero-order valence-corrected chi connectivity index (χ0v) is 15.6. The highest BCUT2D eigenvalue weighted by Gasteiger charge is 2.26. The molecule has 140 valence electrons. The molecule has 1 aliphatic heterocycles. The van der Waals surface area contributed by atoms with E-state index < -0.39 is 0 Å². The van der Waals surface area contributed by atoms with E-state index in [1.807, 2.05) is 18.3 Å². The van der Waals surface area contributed by atoms with Crippen LogP contribution in [0.2, 0.25) is 0 Å². The number of hydrogen-bond donors (Lipinski definition) is 1. The second-order valence-corrected chi connectivity index (χ2v) is 6.35. The number of hydrogen-bond acceptors (Lipinski definition) is 4. The van der Waals surface area contributed by atoms with Gasteiger partial charge in [0.25, 0.3) is 0 Å². The number of nitrogens with zero attached hydrogens (tertiary/aromatic N) is 3. The van der Waals surface area contributed by atoms with Crippen LogP contribution in [0.3, 0.4) is 0 Å². The first-order chi connectivity index (χ1) is 12.1. The Balaban J connectivity index is 0.00000243. The lowest BCUT2D eigenvalue weighted by atomic mass is 10.1. The number of likely N-dealkylation sites (N-methyl/N-ethyl adjacent to an activating group) is 1. The van der Waals surface area contributed by atoms with Crippen molar-refractivity contribution < 1.29 is 9.18 Å². The van der Waals surface area contributed by atoms with Crippen molar-refractivity contribution in [1.82, 2.24) is 20.1 Å². The van der Waals surface area contributed by atoms with E-state index in [0.29, 0.717) is 13.1 Å². The average molecular weight is 379 g/mol. The third-order valence-corrected chi connectivity index (χ3v) is 4.52. The van der Waals surface area contributed by atoms with E-state index in [2.05, 4.69) is 15.2 Å². The van der Waals surface area contributed by atoms with Gasteiger partial charge in [0, 0.05) is 51.7 Å². The fourth-order valence-electron chi connectivity index (χ4n) is 3.08. The van der Waals surface area contributed by atoms with Crippen LogP contribution in [0.4, 0.5) is 4.39 Å². The van der Waals surface area contributed by atoms with Crippen LogP contribution in [0.5, 0.6) is 0 Å². The predicted octanol–water partition coefficient (Wildman–Crippen LogP) is 2.25. The second-order valence-electron chi connectivity index (χ2n) is 6.35. The minimum Gasteiger partial charge on any atom is -0.340 e. The molecule has 1 aliphatic rings. The molecule has 0 radical (unpaired) electrons. The van der Waals surface area contributed by atoms with Gasteiger partial charge in [-0.3, -0.25) is 14.7 Å². The van der Waals surface area contributed by atoms with Crippen LogP contribution in [0.1, 0.15) is 17.2 Å². The Kier molecular flexibility index (Phi) is 7.50. The molecule has 3 rings (SSSR count). The SMILES string of the molecule is CN(Cc1ccc(F)cc1)C(=O)CN1CCNCC1c1cccnc1.Cl. The summed E-state index contributed by atoms with van der Waals surface area (Å²) in [6.45, 7) is 3.32. The van der Waals surface area contributed by atoms with Crippen LogP contribution in [0.25, 0.3) is 0 Å². The van der Waals surface area contributed by atoms with Crippen LogP contribution in [-0.2, 0) is 11.3 Å². The number of nitrogens with one attached hydrogen (secondary N) is 1. The first-order valence-electron chi connectivity index (χ1n) is 8.46. The van der Waals surface area contributed by atoms with Gasteiger partial charge in [0.15, 0.2) is 0 Å². The summed E-state index contributed by atoms with van der Waals surface area (Å²) in [5.74, 6) is -0.210. The molecule has 2 heterocycles. The van der Waals surface area contributed by atoms with E-state index in [-0.39, 0.29) is 30.2 Å². The Morgan fingerprint density at radius 1 is 1.35 bits per heavy atom. The number of aromatic nitrogens is 1. The van der Waals surface area contributed by atoms with Crippen LogP contribution in [0.15, 0.2) is 48.8 Å². The van der Waals surface area contributed by atoms with Crippen LogP contribution in [-0.4, -0.2) is 53.9 Å². The van der Waals surface area contributed by atoms with Gasteiger partial charge in [-0.1, -0.05) is 18.2 Å². The molecule has 26 heavy (non-hydrogen) atoms. The molecule has 0 aliphatic carbocycles. The molecule has 1 amide bonds. The maximum absolute atomic E-state index is 13.0. The molecule has 1 saturated heterocycles. The number of pyridine rings is 1. The van der Waals surface area contributed by atoms with Gasteiger partial charge in [-0.25, -0.2) is 4.39 Å². The molecular weight excluding hydrogens is 355 g/mol. The summed E-state index contributed by atoms with van der Waals surface area (Å²) < 4.78 is 13.0.